The maximum absolute atomic E-state index is 11.7. The molecule has 3 aliphatic carbocycles. The van der Waals surface area contributed by atoms with Crippen LogP contribution in [0.15, 0.2) is 58.7 Å². The first-order chi connectivity index (χ1) is 7.25. The second kappa shape index (κ2) is 2.76. The van der Waals surface area contributed by atoms with Crippen molar-refractivity contribution in [3.8, 4) is 0 Å². The molecule has 2 nitrogen and oxygen atoms in total. The fraction of sp³-hybridized carbons (Fsp3) is 0.0769. The van der Waals surface area contributed by atoms with Gasteiger partial charge in [0.05, 0.1) is 0 Å². The first-order valence-corrected chi connectivity index (χ1v) is 4.86. The zero-order chi connectivity index (χ0) is 10.4. The maximum atomic E-state index is 11.7. The van der Waals surface area contributed by atoms with E-state index in [4.69, 9.17) is 0 Å². The van der Waals surface area contributed by atoms with Crippen LogP contribution < -0.4 is 0 Å². The van der Waals surface area contributed by atoms with Crippen LogP contribution in [0.5, 0.6) is 0 Å². The molecule has 0 saturated heterocycles. The van der Waals surface area contributed by atoms with Gasteiger partial charge in [0.2, 0.25) is 0 Å². The molecule has 0 bridgehead atoms. The minimum atomic E-state index is -0.106. The highest BCUT2D eigenvalue weighted by molar-refractivity contribution is 6.17. The molecule has 15 heavy (non-hydrogen) atoms. The number of hydrogen-bond acceptors (Lipinski definition) is 2. The van der Waals surface area contributed by atoms with Gasteiger partial charge < -0.3 is 0 Å². The van der Waals surface area contributed by atoms with Crippen molar-refractivity contribution >= 4 is 11.6 Å². The van der Waals surface area contributed by atoms with Gasteiger partial charge in [0, 0.05) is 5.57 Å². The van der Waals surface area contributed by atoms with Crippen LogP contribution >= 0.6 is 0 Å². The molecule has 0 fully saturated rings. The maximum Gasteiger partial charge on any atom is 0.187 e. The van der Waals surface area contributed by atoms with E-state index >= 15 is 0 Å². The zero-order valence-electron chi connectivity index (χ0n) is 7.99. The van der Waals surface area contributed by atoms with Crippen LogP contribution in [-0.2, 0) is 9.59 Å². The van der Waals surface area contributed by atoms with Gasteiger partial charge in [-0.2, -0.15) is 0 Å². The monoisotopic (exact) mass is 196 g/mol. The van der Waals surface area contributed by atoms with Crippen molar-refractivity contribution in [1.29, 1.82) is 0 Å². The summed E-state index contributed by atoms with van der Waals surface area (Å²) in [5.74, 6) is -0.168. The molecular weight excluding hydrogens is 188 g/mol. The summed E-state index contributed by atoms with van der Waals surface area (Å²) in [7, 11) is 0. The molecule has 0 atom stereocenters. The number of allylic oxidation sites excluding steroid dienone is 10. The Kier molecular flexibility index (Phi) is 1.54. The minimum Gasteiger partial charge on any atom is -0.290 e. The number of rotatable bonds is 0. The first-order valence-electron chi connectivity index (χ1n) is 4.86. The predicted octanol–water partition coefficient (Wildman–Crippen LogP) is 1.82. The van der Waals surface area contributed by atoms with E-state index in [0.29, 0.717) is 5.57 Å². The summed E-state index contributed by atoms with van der Waals surface area (Å²) in [5, 5.41) is 0. The molecule has 2 heteroatoms. The Hall–Kier alpha value is -1.96. The van der Waals surface area contributed by atoms with Gasteiger partial charge in [-0.25, -0.2) is 0 Å². The second-order valence-corrected chi connectivity index (χ2v) is 3.76. The van der Waals surface area contributed by atoms with Crippen LogP contribution in [0.3, 0.4) is 0 Å². The lowest BCUT2D eigenvalue weighted by atomic mass is 9.84. The van der Waals surface area contributed by atoms with Crippen molar-refractivity contribution in [3.63, 3.8) is 0 Å². The second-order valence-electron chi connectivity index (χ2n) is 3.76. The predicted molar refractivity (Wildman–Crippen MR) is 56.1 cm³/mol. The molecule has 0 aromatic heterocycles. The number of fused-ring (bicyclic) bond motifs is 2. The van der Waals surface area contributed by atoms with E-state index in [-0.39, 0.29) is 11.6 Å². The molecule has 0 aromatic rings. The summed E-state index contributed by atoms with van der Waals surface area (Å²) in [6.45, 7) is 0. The van der Waals surface area contributed by atoms with Crippen molar-refractivity contribution in [3.05, 3.63) is 58.7 Å². The molecule has 0 radical (unpaired) electrons. The summed E-state index contributed by atoms with van der Waals surface area (Å²) in [6, 6.07) is 0. The highest BCUT2D eigenvalue weighted by Gasteiger charge is 2.26. The van der Waals surface area contributed by atoms with Crippen molar-refractivity contribution in [2.24, 2.45) is 0 Å². The van der Waals surface area contributed by atoms with Crippen LogP contribution in [0.4, 0.5) is 0 Å². The summed E-state index contributed by atoms with van der Waals surface area (Å²) >= 11 is 0. The highest BCUT2D eigenvalue weighted by Crippen LogP contribution is 2.36. The van der Waals surface area contributed by atoms with Crippen molar-refractivity contribution in [2.75, 3.05) is 0 Å². The third-order valence-corrected chi connectivity index (χ3v) is 2.84. The molecule has 3 rings (SSSR count). The highest BCUT2D eigenvalue weighted by atomic mass is 16.1. The van der Waals surface area contributed by atoms with Crippen LogP contribution in [-0.4, -0.2) is 11.6 Å². The Morgan fingerprint density at radius 3 is 2.73 bits per heavy atom. The van der Waals surface area contributed by atoms with Gasteiger partial charge in [0.25, 0.3) is 0 Å². The smallest absolute Gasteiger partial charge is 0.187 e. The van der Waals surface area contributed by atoms with E-state index in [1.807, 2.05) is 12.2 Å². The normalized spacial score (nSPS) is 22.7. The number of hydrogen-bond donors (Lipinski definition) is 0. The summed E-state index contributed by atoms with van der Waals surface area (Å²) in [6.07, 6.45) is 11.2. The Morgan fingerprint density at radius 2 is 1.87 bits per heavy atom. The summed E-state index contributed by atoms with van der Waals surface area (Å²) < 4.78 is 0. The lowest BCUT2D eigenvalue weighted by Crippen LogP contribution is -2.13. The summed E-state index contributed by atoms with van der Waals surface area (Å²) in [5.41, 5.74) is 3.61. The Bertz CT molecular complexity index is 537. The topological polar surface area (TPSA) is 34.1 Å². The van der Waals surface area contributed by atoms with E-state index in [1.54, 1.807) is 12.2 Å². The van der Waals surface area contributed by atoms with E-state index in [9.17, 15) is 9.59 Å². The van der Waals surface area contributed by atoms with Gasteiger partial charge in [0.1, 0.15) is 0 Å². The first kappa shape index (κ1) is 8.36. The van der Waals surface area contributed by atoms with Crippen molar-refractivity contribution in [2.45, 2.75) is 6.42 Å². The summed E-state index contributed by atoms with van der Waals surface area (Å²) in [4.78, 5) is 22.9. The molecule has 0 aliphatic heterocycles. The van der Waals surface area contributed by atoms with Crippen LogP contribution in [0.2, 0.25) is 0 Å². The van der Waals surface area contributed by atoms with Gasteiger partial charge in [-0.1, -0.05) is 18.2 Å². The lowest BCUT2D eigenvalue weighted by Gasteiger charge is -2.18. The molecule has 0 unspecified atom stereocenters. The molecule has 72 valence electrons. The SMILES string of the molecule is O=C1C=CC2=C3CC=CC3=CC(=O)C2=C1. The van der Waals surface area contributed by atoms with Crippen molar-refractivity contribution in [1.82, 2.24) is 0 Å². The van der Waals surface area contributed by atoms with Crippen LogP contribution in [0, 0.1) is 0 Å². The molecule has 0 spiro atoms. The molecule has 3 aliphatic rings. The Morgan fingerprint density at radius 1 is 1.00 bits per heavy atom. The quantitative estimate of drug-likeness (QED) is 0.592. The largest absolute Gasteiger partial charge is 0.290 e. The lowest BCUT2D eigenvalue weighted by molar-refractivity contribution is -0.113. The van der Waals surface area contributed by atoms with E-state index in [0.717, 1.165) is 23.1 Å². The Balaban J connectivity index is 2.25. The molecular formula is C13H8O2. The molecule has 0 N–H and O–H groups in total. The minimum absolute atomic E-state index is 0.0620. The van der Waals surface area contributed by atoms with Gasteiger partial charge in [-0.05, 0) is 41.4 Å². The molecule has 0 amide bonds. The standard InChI is InChI=1S/C13H8O2/c14-9-4-5-11-10-3-1-2-8(10)6-13(15)12(11)7-9/h1-2,4-7H,3H2. The fourth-order valence-electron chi connectivity index (χ4n) is 2.13. The number of ketones is 2. The van der Waals surface area contributed by atoms with Crippen molar-refractivity contribution < 1.29 is 9.59 Å². The number of carbonyl (C=O) groups is 2. The number of carbonyl (C=O) groups excluding carboxylic acids is 2. The van der Waals surface area contributed by atoms with E-state index in [2.05, 4.69) is 0 Å². The van der Waals surface area contributed by atoms with Gasteiger partial charge in [-0.15, -0.1) is 0 Å². The van der Waals surface area contributed by atoms with Gasteiger partial charge in [-0.3, -0.25) is 9.59 Å². The fourth-order valence-corrected chi connectivity index (χ4v) is 2.13. The van der Waals surface area contributed by atoms with E-state index in [1.165, 1.54) is 12.2 Å². The average Bonchev–Trinajstić information content (AvgIpc) is 2.66. The third kappa shape index (κ3) is 1.11. The third-order valence-electron chi connectivity index (χ3n) is 2.84. The average molecular weight is 196 g/mol. The van der Waals surface area contributed by atoms with Gasteiger partial charge in [0.15, 0.2) is 11.6 Å². The van der Waals surface area contributed by atoms with E-state index < -0.39 is 0 Å². The zero-order valence-corrected chi connectivity index (χ0v) is 7.99. The Labute approximate surface area is 87.0 Å². The molecule has 0 heterocycles. The molecule has 0 saturated carbocycles. The van der Waals surface area contributed by atoms with Crippen LogP contribution in [0.25, 0.3) is 0 Å². The van der Waals surface area contributed by atoms with Crippen LogP contribution in [0.1, 0.15) is 6.42 Å². The molecule has 0 aromatic carbocycles. The van der Waals surface area contributed by atoms with Gasteiger partial charge >= 0.3 is 0 Å².